The second kappa shape index (κ2) is 9.74. The Morgan fingerprint density at radius 3 is 2.52 bits per heavy atom. The number of nitrogens with two attached hydrogens (primary N) is 1. The number of primary amides is 1. The number of benzene rings is 2. The third-order valence-electron chi connectivity index (χ3n) is 5.38. The maximum Gasteiger partial charge on any atom is 0.315 e. The lowest BCUT2D eigenvalue weighted by atomic mass is 9.99. The topological polar surface area (TPSA) is 99.2 Å². The molecule has 0 aromatic heterocycles. The van der Waals surface area contributed by atoms with Crippen molar-refractivity contribution >= 4 is 11.9 Å². The Hall–Kier alpha value is -3.33. The minimum Gasteiger partial charge on any atom is -0.352 e. The van der Waals surface area contributed by atoms with E-state index in [1.54, 1.807) is 29.2 Å². The fourth-order valence-corrected chi connectivity index (χ4v) is 3.82. The van der Waals surface area contributed by atoms with Crippen LogP contribution in [0.2, 0.25) is 0 Å². The molecule has 6 heteroatoms. The quantitative estimate of drug-likeness (QED) is 0.669. The van der Waals surface area contributed by atoms with Crippen LogP contribution in [0.15, 0.2) is 48.5 Å². The summed E-state index contributed by atoms with van der Waals surface area (Å²) >= 11 is 0. The number of urea groups is 1. The first-order chi connectivity index (χ1) is 14.1. The number of carbonyl (C=O) groups is 2. The van der Waals surface area contributed by atoms with Crippen molar-refractivity contribution < 1.29 is 9.59 Å². The molecule has 0 aliphatic carbocycles. The van der Waals surface area contributed by atoms with Crippen LogP contribution in [-0.2, 0) is 6.54 Å². The average Bonchev–Trinajstić information content (AvgIpc) is 3.12. The van der Waals surface area contributed by atoms with Gasteiger partial charge in [-0.2, -0.15) is 5.26 Å². The smallest absolute Gasteiger partial charge is 0.315 e. The number of fused-ring (bicyclic) bond motifs is 1. The Kier molecular flexibility index (Phi) is 6.85. The molecule has 2 aromatic rings. The number of amides is 3. The van der Waals surface area contributed by atoms with Crippen LogP contribution in [0.1, 0.15) is 65.2 Å². The molecule has 0 saturated heterocycles. The number of hydrogen-bond donors (Lipinski definition) is 2. The molecule has 1 atom stereocenters. The number of carbonyl (C=O) groups excluding carboxylic acids is 2. The second-order valence-electron chi connectivity index (χ2n) is 7.33. The number of unbranched alkanes of at least 4 members (excludes halogenated alkanes) is 3. The van der Waals surface area contributed by atoms with Gasteiger partial charge >= 0.3 is 6.03 Å². The molecule has 0 radical (unpaired) electrons. The number of hydrogen-bond acceptors (Lipinski definition) is 3. The Labute approximate surface area is 171 Å². The summed E-state index contributed by atoms with van der Waals surface area (Å²) in [4.78, 5) is 25.6. The van der Waals surface area contributed by atoms with Gasteiger partial charge in [-0.3, -0.25) is 4.79 Å². The Bertz CT molecular complexity index is 902. The summed E-state index contributed by atoms with van der Waals surface area (Å²) in [5.74, 6) is -0.117. The second-order valence-corrected chi connectivity index (χ2v) is 7.33. The fraction of sp³-hybridized carbons (Fsp3) is 0.348. The van der Waals surface area contributed by atoms with Crippen LogP contribution in [0.4, 0.5) is 4.79 Å². The zero-order valence-corrected chi connectivity index (χ0v) is 16.4. The van der Waals surface area contributed by atoms with E-state index in [1.165, 1.54) is 11.1 Å². The van der Waals surface area contributed by atoms with E-state index in [2.05, 4.69) is 17.4 Å². The molecule has 3 N–H and O–H groups in total. The molecule has 6 nitrogen and oxygen atoms in total. The summed E-state index contributed by atoms with van der Waals surface area (Å²) in [6.45, 7) is 1.22. The summed E-state index contributed by atoms with van der Waals surface area (Å²) in [5, 5.41) is 11.7. The minimum absolute atomic E-state index is 0.0692. The lowest BCUT2D eigenvalue weighted by Gasteiger charge is -2.23. The normalized spacial score (nSPS) is 14.9. The lowest BCUT2D eigenvalue weighted by molar-refractivity contribution is 0.0953. The van der Waals surface area contributed by atoms with Gasteiger partial charge in [0.25, 0.3) is 5.91 Å². The molecule has 1 heterocycles. The fourth-order valence-electron chi connectivity index (χ4n) is 3.82. The lowest BCUT2D eigenvalue weighted by Crippen LogP contribution is -2.34. The van der Waals surface area contributed by atoms with Crippen molar-refractivity contribution in [1.29, 1.82) is 5.26 Å². The highest BCUT2D eigenvalue weighted by molar-refractivity contribution is 5.94. The standard InChI is InChI=1S/C23H26N4O2/c24-15-17-10-12-18(13-11-17)22(28)26-14-6-2-1-3-9-21-20-8-5-4-7-19(20)16-27(21)23(25)29/h4-5,7-8,10-13,21H,1-3,6,9,14,16H2,(H2,25,29)(H,26,28). The highest BCUT2D eigenvalue weighted by atomic mass is 16.2. The molecule has 0 spiro atoms. The first-order valence-electron chi connectivity index (χ1n) is 10.0. The summed E-state index contributed by atoms with van der Waals surface area (Å²) in [6, 6.07) is 16.5. The van der Waals surface area contributed by atoms with Gasteiger partial charge in [0.1, 0.15) is 0 Å². The molecule has 29 heavy (non-hydrogen) atoms. The summed E-state index contributed by atoms with van der Waals surface area (Å²) < 4.78 is 0. The van der Waals surface area contributed by atoms with E-state index in [1.807, 2.05) is 18.2 Å². The van der Waals surface area contributed by atoms with Gasteiger partial charge in [0, 0.05) is 18.7 Å². The Balaban J connectivity index is 1.36. The van der Waals surface area contributed by atoms with Crippen molar-refractivity contribution in [2.75, 3.05) is 6.54 Å². The van der Waals surface area contributed by atoms with Gasteiger partial charge in [0.15, 0.2) is 0 Å². The van der Waals surface area contributed by atoms with E-state index in [9.17, 15) is 9.59 Å². The predicted octanol–water partition coefficient (Wildman–Crippen LogP) is 3.87. The van der Waals surface area contributed by atoms with E-state index < -0.39 is 0 Å². The van der Waals surface area contributed by atoms with Gasteiger partial charge in [-0.25, -0.2) is 4.79 Å². The molecule has 3 amide bonds. The molecule has 150 valence electrons. The van der Waals surface area contributed by atoms with Crippen LogP contribution in [0.5, 0.6) is 0 Å². The van der Waals surface area contributed by atoms with Gasteiger partial charge in [-0.05, 0) is 48.2 Å². The molecular weight excluding hydrogens is 364 g/mol. The zero-order valence-electron chi connectivity index (χ0n) is 16.4. The summed E-state index contributed by atoms with van der Waals surface area (Å²) in [6.07, 6.45) is 4.86. The molecule has 3 rings (SSSR count). The summed E-state index contributed by atoms with van der Waals surface area (Å²) in [5.41, 5.74) is 9.06. The number of rotatable bonds is 8. The average molecular weight is 390 g/mol. The summed E-state index contributed by atoms with van der Waals surface area (Å²) in [7, 11) is 0. The van der Waals surface area contributed by atoms with E-state index in [0.717, 1.165) is 32.1 Å². The van der Waals surface area contributed by atoms with Gasteiger partial charge in [-0.15, -0.1) is 0 Å². The molecule has 0 saturated carbocycles. The van der Waals surface area contributed by atoms with Crippen LogP contribution < -0.4 is 11.1 Å². The van der Waals surface area contributed by atoms with Gasteiger partial charge < -0.3 is 16.0 Å². The largest absolute Gasteiger partial charge is 0.352 e. The number of nitrogens with one attached hydrogen (secondary N) is 1. The van der Waals surface area contributed by atoms with Crippen LogP contribution in [0.25, 0.3) is 0 Å². The third kappa shape index (κ3) is 5.14. The van der Waals surface area contributed by atoms with E-state index in [0.29, 0.717) is 24.2 Å². The van der Waals surface area contributed by atoms with Gasteiger partial charge in [0.05, 0.1) is 17.7 Å². The highest BCUT2D eigenvalue weighted by Crippen LogP contribution is 2.36. The van der Waals surface area contributed by atoms with E-state index in [4.69, 9.17) is 11.0 Å². The molecule has 0 fully saturated rings. The maximum atomic E-state index is 12.1. The predicted molar refractivity (Wildman–Crippen MR) is 111 cm³/mol. The molecular formula is C23H26N4O2. The third-order valence-corrected chi connectivity index (χ3v) is 5.38. The van der Waals surface area contributed by atoms with Crippen LogP contribution in [0.3, 0.4) is 0 Å². The first kappa shape index (κ1) is 20.4. The van der Waals surface area contributed by atoms with E-state index >= 15 is 0 Å². The van der Waals surface area contributed by atoms with Crippen molar-refractivity contribution in [3.05, 3.63) is 70.8 Å². The Morgan fingerprint density at radius 2 is 1.79 bits per heavy atom. The van der Waals surface area contributed by atoms with Crippen molar-refractivity contribution in [2.24, 2.45) is 5.73 Å². The molecule has 2 aromatic carbocycles. The number of nitrogens with zero attached hydrogens (tertiary/aromatic N) is 2. The van der Waals surface area contributed by atoms with Crippen molar-refractivity contribution in [1.82, 2.24) is 10.2 Å². The SMILES string of the molecule is N#Cc1ccc(C(=O)NCCCCCCC2c3ccccc3CN2C(N)=O)cc1. The molecule has 1 aliphatic heterocycles. The first-order valence-corrected chi connectivity index (χ1v) is 10.0. The molecule has 1 aliphatic rings. The Morgan fingerprint density at radius 1 is 1.07 bits per heavy atom. The van der Waals surface area contributed by atoms with Gasteiger partial charge in [0.2, 0.25) is 0 Å². The van der Waals surface area contributed by atoms with Crippen molar-refractivity contribution in [3.63, 3.8) is 0 Å². The maximum absolute atomic E-state index is 12.1. The monoisotopic (exact) mass is 390 g/mol. The van der Waals surface area contributed by atoms with Crippen molar-refractivity contribution in [3.8, 4) is 6.07 Å². The van der Waals surface area contributed by atoms with Gasteiger partial charge in [-0.1, -0.05) is 43.5 Å². The van der Waals surface area contributed by atoms with E-state index in [-0.39, 0.29) is 18.0 Å². The minimum atomic E-state index is -0.364. The molecule has 0 bridgehead atoms. The van der Waals surface area contributed by atoms with Crippen LogP contribution >= 0.6 is 0 Å². The molecule has 1 unspecified atom stereocenters. The van der Waals surface area contributed by atoms with Crippen molar-refractivity contribution in [2.45, 2.75) is 44.7 Å². The highest BCUT2D eigenvalue weighted by Gasteiger charge is 2.31. The van der Waals surface area contributed by atoms with Crippen LogP contribution in [-0.4, -0.2) is 23.4 Å². The van der Waals surface area contributed by atoms with Crippen LogP contribution in [0, 0.1) is 11.3 Å². The zero-order chi connectivity index (χ0) is 20.6. The number of nitriles is 1.